The number of carbonyl (C=O) groups excluding carboxylic acids is 1. The Morgan fingerprint density at radius 2 is 1.66 bits per heavy atom. The van der Waals surface area contributed by atoms with Gasteiger partial charge in [0.15, 0.2) is 0 Å². The molecule has 6 heteroatoms. The van der Waals surface area contributed by atoms with E-state index in [9.17, 15) is 9.59 Å². The van der Waals surface area contributed by atoms with Crippen LogP contribution in [0, 0.1) is 0 Å². The van der Waals surface area contributed by atoms with Crippen LogP contribution in [0.2, 0.25) is 0 Å². The summed E-state index contributed by atoms with van der Waals surface area (Å²) in [5, 5.41) is 0.518. The highest BCUT2D eigenvalue weighted by Gasteiger charge is 2.28. The van der Waals surface area contributed by atoms with Crippen LogP contribution in [-0.2, 0) is 0 Å². The van der Waals surface area contributed by atoms with Gasteiger partial charge in [0.2, 0.25) is 0 Å². The number of hydrogen-bond acceptors (Lipinski definition) is 4. The third kappa shape index (κ3) is 4.97. The molecule has 1 heterocycles. The van der Waals surface area contributed by atoms with Gasteiger partial charge in [0.05, 0.1) is 29.2 Å². The Morgan fingerprint density at radius 3 is 2.40 bits per heavy atom. The molecule has 1 unspecified atom stereocenters. The Balaban J connectivity index is 1.93. The van der Waals surface area contributed by atoms with Crippen molar-refractivity contribution >= 4 is 16.8 Å². The molecule has 0 spiro atoms. The van der Waals surface area contributed by atoms with Gasteiger partial charge in [0, 0.05) is 12.1 Å². The van der Waals surface area contributed by atoms with E-state index in [0.717, 1.165) is 12.8 Å². The van der Waals surface area contributed by atoms with Gasteiger partial charge in [-0.15, -0.1) is 0 Å². The van der Waals surface area contributed by atoms with Gasteiger partial charge in [-0.3, -0.25) is 14.2 Å². The number of ether oxygens (including phenoxy) is 1. The largest absolute Gasteiger partial charge is 0.492 e. The monoisotopic (exact) mass is 469 g/mol. The first-order valence-electron chi connectivity index (χ1n) is 12.2. The molecule has 1 atom stereocenters. The Bertz CT molecular complexity index is 1360. The molecule has 0 saturated heterocycles. The molecule has 0 N–H and O–H groups in total. The lowest BCUT2D eigenvalue weighted by Gasteiger charge is -2.31. The zero-order chi connectivity index (χ0) is 24.8. The predicted octanol–water partition coefficient (Wildman–Crippen LogP) is 5.79. The molecule has 0 fully saturated rings. The van der Waals surface area contributed by atoms with Crippen LogP contribution in [0.5, 0.6) is 5.75 Å². The zero-order valence-corrected chi connectivity index (χ0v) is 20.5. The molecule has 180 valence electrons. The molecule has 0 aliphatic rings. The summed E-state index contributed by atoms with van der Waals surface area (Å²) in [6.45, 7) is 6.96. The van der Waals surface area contributed by atoms with Gasteiger partial charge in [-0.25, -0.2) is 4.98 Å². The van der Waals surface area contributed by atoms with E-state index in [1.807, 2.05) is 91.5 Å². The highest BCUT2D eigenvalue weighted by molar-refractivity contribution is 5.94. The van der Waals surface area contributed by atoms with Crippen LogP contribution < -0.4 is 10.3 Å². The Kier molecular flexibility index (Phi) is 7.60. The van der Waals surface area contributed by atoms with Crippen LogP contribution in [0.3, 0.4) is 0 Å². The summed E-state index contributed by atoms with van der Waals surface area (Å²) in [5.74, 6) is 1.01. The van der Waals surface area contributed by atoms with Gasteiger partial charge in [-0.1, -0.05) is 55.8 Å². The summed E-state index contributed by atoms with van der Waals surface area (Å²) >= 11 is 0. The third-order valence-electron chi connectivity index (χ3n) is 6.08. The van der Waals surface area contributed by atoms with E-state index in [2.05, 4.69) is 6.92 Å². The number of amides is 1. The average molecular weight is 470 g/mol. The molecule has 35 heavy (non-hydrogen) atoms. The lowest BCUT2D eigenvalue weighted by Crippen LogP contribution is -2.38. The summed E-state index contributed by atoms with van der Waals surface area (Å²) < 4.78 is 7.47. The van der Waals surface area contributed by atoms with Crippen molar-refractivity contribution in [1.29, 1.82) is 0 Å². The van der Waals surface area contributed by atoms with E-state index in [0.29, 0.717) is 46.9 Å². The van der Waals surface area contributed by atoms with Gasteiger partial charge >= 0.3 is 0 Å². The van der Waals surface area contributed by atoms with Crippen molar-refractivity contribution in [3.63, 3.8) is 0 Å². The van der Waals surface area contributed by atoms with E-state index in [-0.39, 0.29) is 11.5 Å². The van der Waals surface area contributed by atoms with Crippen LogP contribution >= 0.6 is 0 Å². The number of benzene rings is 3. The van der Waals surface area contributed by atoms with Crippen LogP contribution in [0.1, 0.15) is 55.8 Å². The summed E-state index contributed by atoms with van der Waals surface area (Å²) in [6, 6.07) is 23.6. The second kappa shape index (κ2) is 11.0. The first-order valence-corrected chi connectivity index (χ1v) is 12.2. The molecule has 3 aromatic carbocycles. The lowest BCUT2D eigenvalue weighted by molar-refractivity contribution is 0.0678. The number of fused-ring (bicyclic) bond motifs is 1. The Labute approximate surface area is 205 Å². The first-order chi connectivity index (χ1) is 17.1. The number of carbonyl (C=O) groups is 1. The Morgan fingerprint density at radius 1 is 0.971 bits per heavy atom. The van der Waals surface area contributed by atoms with Crippen LogP contribution in [0.15, 0.2) is 83.7 Å². The third-order valence-corrected chi connectivity index (χ3v) is 6.08. The molecular weight excluding hydrogens is 438 g/mol. The summed E-state index contributed by atoms with van der Waals surface area (Å²) in [4.78, 5) is 34.2. The molecule has 1 aromatic heterocycles. The Hall–Kier alpha value is -3.93. The smallest absolute Gasteiger partial charge is 0.266 e. The zero-order valence-electron chi connectivity index (χ0n) is 20.5. The normalized spacial score (nSPS) is 11.9. The van der Waals surface area contributed by atoms with E-state index in [1.165, 1.54) is 0 Å². The van der Waals surface area contributed by atoms with E-state index in [4.69, 9.17) is 9.72 Å². The number of aromatic nitrogens is 2. The van der Waals surface area contributed by atoms with E-state index >= 15 is 0 Å². The van der Waals surface area contributed by atoms with Gasteiger partial charge in [0.1, 0.15) is 11.6 Å². The van der Waals surface area contributed by atoms with Crippen molar-refractivity contribution in [3.05, 3.63) is 101 Å². The molecule has 0 bridgehead atoms. The minimum atomic E-state index is -0.457. The van der Waals surface area contributed by atoms with Crippen molar-refractivity contribution < 1.29 is 9.53 Å². The number of nitrogens with zero attached hydrogens (tertiary/aromatic N) is 3. The summed E-state index contributed by atoms with van der Waals surface area (Å²) in [7, 11) is 0. The van der Waals surface area contributed by atoms with Crippen molar-refractivity contribution in [1.82, 2.24) is 14.5 Å². The standard InChI is InChI=1S/C29H31N3O3/c1-4-6-20-31(28(33)22-14-8-7-9-15-22)21(3)27-30-24-17-11-10-16-23(24)29(34)32(27)25-18-12-13-19-26(25)35-5-2/h7-19,21H,4-6,20H2,1-3H3. The van der Waals surface area contributed by atoms with Crippen LogP contribution in [0.25, 0.3) is 16.6 Å². The van der Waals surface area contributed by atoms with E-state index < -0.39 is 6.04 Å². The second-order valence-corrected chi connectivity index (χ2v) is 8.42. The maximum Gasteiger partial charge on any atom is 0.266 e. The molecule has 0 aliphatic heterocycles. The van der Waals surface area contributed by atoms with Crippen LogP contribution in [0.4, 0.5) is 0 Å². The van der Waals surface area contributed by atoms with Crippen molar-refractivity contribution in [2.45, 2.75) is 39.7 Å². The van der Waals surface area contributed by atoms with Gasteiger partial charge in [0.25, 0.3) is 11.5 Å². The van der Waals surface area contributed by atoms with Crippen molar-refractivity contribution in [2.75, 3.05) is 13.2 Å². The quantitative estimate of drug-likeness (QED) is 0.311. The summed E-state index contributed by atoms with van der Waals surface area (Å²) in [5.41, 5.74) is 1.64. The molecule has 0 saturated carbocycles. The van der Waals surface area contributed by atoms with Crippen molar-refractivity contribution in [2.24, 2.45) is 0 Å². The van der Waals surface area contributed by atoms with Gasteiger partial charge in [-0.05, 0) is 56.7 Å². The van der Waals surface area contributed by atoms with Crippen molar-refractivity contribution in [3.8, 4) is 11.4 Å². The minimum Gasteiger partial charge on any atom is -0.492 e. The molecule has 0 aliphatic carbocycles. The molecule has 1 amide bonds. The summed E-state index contributed by atoms with van der Waals surface area (Å²) in [6.07, 6.45) is 1.78. The number of rotatable bonds is 9. The molecule has 6 nitrogen and oxygen atoms in total. The SMILES string of the molecule is CCCCN(C(=O)c1ccccc1)C(C)c1nc2ccccc2c(=O)n1-c1ccccc1OCC. The molecule has 4 aromatic rings. The number of unbranched alkanes of at least 4 members (excludes halogenated alkanes) is 1. The highest BCUT2D eigenvalue weighted by Crippen LogP contribution is 2.28. The molecular formula is C29H31N3O3. The van der Waals surface area contributed by atoms with Gasteiger partial charge < -0.3 is 9.64 Å². The average Bonchev–Trinajstić information content (AvgIpc) is 2.90. The fraction of sp³-hybridized carbons (Fsp3) is 0.276. The lowest BCUT2D eigenvalue weighted by atomic mass is 10.1. The minimum absolute atomic E-state index is 0.0846. The maximum atomic E-state index is 13.9. The van der Waals surface area contributed by atoms with E-state index in [1.54, 1.807) is 10.6 Å². The van der Waals surface area contributed by atoms with Gasteiger partial charge in [-0.2, -0.15) is 0 Å². The highest BCUT2D eigenvalue weighted by atomic mass is 16.5. The molecule has 4 rings (SSSR count). The fourth-order valence-corrected chi connectivity index (χ4v) is 4.27. The number of para-hydroxylation sites is 3. The molecule has 0 radical (unpaired) electrons. The number of hydrogen-bond donors (Lipinski definition) is 0. The maximum absolute atomic E-state index is 13.9. The first kappa shape index (κ1) is 24.2. The predicted molar refractivity (Wildman–Crippen MR) is 139 cm³/mol. The second-order valence-electron chi connectivity index (χ2n) is 8.42. The topological polar surface area (TPSA) is 64.4 Å². The van der Waals surface area contributed by atoms with Crippen LogP contribution in [-0.4, -0.2) is 33.5 Å². The fourth-order valence-electron chi connectivity index (χ4n) is 4.27.